The van der Waals surface area contributed by atoms with Gasteiger partial charge in [0.2, 0.25) is 5.91 Å². The van der Waals surface area contributed by atoms with Gasteiger partial charge in [0.05, 0.1) is 30.2 Å². The molecule has 0 saturated carbocycles. The summed E-state index contributed by atoms with van der Waals surface area (Å²) in [4.78, 5) is 37.9. The number of rotatable bonds is 8. The fourth-order valence-corrected chi connectivity index (χ4v) is 2.40. The van der Waals surface area contributed by atoms with E-state index in [1.54, 1.807) is 18.2 Å². The van der Waals surface area contributed by atoms with Gasteiger partial charge in [-0.05, 0) is 17.7 Å². The van der Waals surface area contributed by atoms with E-state index < -0.39 is 18.5 Å². The van der Waals surface area contributed by atoms with Crippen LogP contribution in [0.3, 0.4) is 0 Å². The molecule has 0 saturated heterocycles. The van der Waals surface area contributed by atoms with Crippen LogP contribution in [0.5, 0.6) is 0 Å². The fraction of sp³-hybridized carbons (Fsp3) is 0.238. The zero-order valence-corrected chi connectivity index (χ0v) is 15.6. The maximum Gasteiger partial charge on any atom is 0.340 e. The SMILES string of the molecule is CN(CCC#N)C(=O)COC(=O)c1ccccc1NC(=O)Cc1ccccc1. The second-order valence-electron chi connectivity index (χ2n) is 6.06. The van der Waals surface area contributed by atoms with Crippen molar-refractivity contribution in [2.24, 2.45) is 0 Å². The van der Waals surface area contributed by atoms with E-state index in [9.17, 15) is 14.4 Å². The molecule has 1 N–H and O–H groups in total. The van der Waals surface area contributed by atoms with Gasteiger partial charge in [0.25, 0.3) is 5.91 Å². The van der Waals surface area contributed by atoms with Crippen molar-refractivity contribution in [1.29, 1.82) is 5.26 Å². The predicted molar refractivity (Wildman–Crippen MR) is 103 cm³/mol. The topological polar surface area (TPSA) is 99.5 Å². The molecule has 2 amide bonds. The van der Waals surface area contributed by atoms with E-state index in [4.69, 9.17) is 10.00 Å². The van der Waals surface area contributed by atoms with Crippen LogP contribution in [-0.4, -0.2) is 42.9 Å². The van der Waals surface area contributed by atoms with Gasteiger partial charge in [-0.15, -0.1) is 0 Å². The predicted octanol–water partition coefficient (Wildman–Crippen LogP) is 2.40. The van der Waals surface area contributed by atoms with Gasteiger partial charge in [0.15, 0.2) is 6.61 Å². The van der Waals surface area contributed by atoms with Crippen molar-refractivity contribution >= 4 is 23.5 Å². The van der Waals surface area contributed by atoms with Crippen LogP contribution >= 0.6 is 0 Å². The van der Waals surface area contributed by atoms with E-state index in [0.29, 0.717) is 5.69 Å². The van der Waals surface area contributed by atoms with Crippen molar-refractivity contribution in [3.8, 4) is 6.07 Å². The average Bonchev–Trinajstić information content (AvgIpc) is 2.71. The number of nitrogens with one attached hydrogen (secondary N) is 1. The minimum Gasteiger partial charge on any atom is -0.452 e. The highest BCUT2D eigenvalue weighted by Crippen LogP contribution is 2.17. The number of hydrogen-bond donors (Lipinski definition) is 1. The Bertz CT molecular complexity index is 875. The number of carbonyl (C=O) groups excluding carboxylic acids is 3. The molecule has 0 unspecified atom stereocenters. The third kappa shape index (κ3) is 6.25. The molecule has 0 radical (unpaired) electrons. The van der Waals surface area contributed by atoms with Crippen LogP contribution in [0.2, 0.25) is 0 Å². The van der Waals surface area contributed by atoms with Crippen LogP contribution < -0.4 is 5.32 Å². The van der Waals surface area contributed by atoms with Crippen molar-refractivity contribution in [3.05, 3.63) is 65.7 Å². The molecular weight excluding hydrogens is 358 g/mol. The molecule has 0 heterocycles. The van der Waals surface area contributed by atoms with Crippen LogP contribution in [0.15, 0.2) is 54.6 Å². The molecular formula is C21H21N3O4. The monoisotopic (exact) mass is 379 g/mol. The second-order valence-corrected chi connectivity index (χ2v) is 6.06. The summed E-state index contributed by atoms with van der Waals surface area (Å²) in [7, 11) is 1.53. The lowest BCUT2D eigenvalue weighted by Crippen LogP contribution is -2.32. The molecule has 0 spiro atoms. The molecule has 2 aromatic rings. The van der Waals surface area contributed by atoms with Gasteiger partial charge >= 0.3 is 5.97 Å². The van der Waals surface area contributed by atoms with Crippen molar-refractivity contribution in [2.75, 3.05) is 25.5 Å². The van der Waals surface area contributed by atoms with Crippen LogP contribution in [0.25, 0.3) is 0 Å². The number of benzene rings is 2. The van der Waals surface area contributed by atoms with E-state index in [0.717, 1.165) is 5.56 Å². The Morgan fingerprint density at radius 1 is 1.07 bits per heavy atom. The van der Waals surface area contributed by atoms with Crippen molar-refractivity contribution < 1.29 is 19.1 Å². The van der Waals surface area contributed by atoms with Crippen LogP contribution in [0, 0.1) is 11.3 Å². The maximum absolute atomic E-state index is 12.3. The summed E-state index contributed by atoms with van der Waals surface area (Å²) in [5.74, 6) is -1.38. The molecule has 0 aromatic heterocycles. The fourth-order valence-electron chi connectivity index (χ4n) is 2.40. The number of hydrogen-bond acceptors (Lipinski definition) is 5. The molecule has 0 fully saturated rings. The normalized spacial score (nSPS) is 9.86. The molecule has 7 heteroatoms. The highest BCUT2D eigenvalue weighted by Gasteiger charge is 2.17. The minimum atomic E-state index is -0.711. The summed E-state index contributed by atoms with van der Waals surface area (Å²) in [5.41, 5.74) is 1.33. The van der Waals surface area contributed by atoms with E-state index in [1.165, 1.54) is 18.0 Å². The van der Waals surface area contributed by atoms with Gasteiger partial charge in [-0.3, -0.25) is 9.59 Å². The Kier molecular flexibility index (Phi) is 7.73. The highest BCUT2D eigenvalue weighted by molar-refractivity contribution is 6.02. The van der Waals surface area contributed by atoms with Crippen LogP contribution in [0.4, 0.5) is 5.69 Å². The lowest BCUT2D eigenvalue weighted by Gasteiger charge is -2.16. The summed E-state index contributed by atoms with van der Waals surface area (Å²) in [6, 6.07) is 17.6. The Morgan fingerprint density at radius 3 is 2.46 bits per heavy atom. The Hall–Kier alpha value is -3.66. The Balaban J connectivity index is 1.96. The molecule has 144 valence electrons. The highest BCUT2D eigenvalue weighted by atomic mass is 16.5. The molecule has 0 aliphatic carbocycles. The lowest BCUT2D eigenvalue weighted by molar-refractivity contribution is -0.133. The number of anilines is 1. The number of para-hydroxylation sites is 1. The lowest BCUT2D eigenvalue weighted by atomic mass is 10.1. The number of ether oxygens (including phenoxy) is 1. The number of nitrogens with zero attached hydrogens (tertiary/aromatic N) is 2. The van der Waals surface area contributed by atoms with E-state index >= 15 is 0 Å². The van der Waals surface area contributed by atoms with Crippen molar-refractivity contribution in [1.82, 2.24) is 4.90 Å². The third-order valence-corrected chi connectivity index (χ3v) is 3.94. The first-order chi connectivity index (χ1) is 13.5. The van der Waals surface area contributed by atoms with Gasteiger partial charge in [0, 0.05) is 13.6 Å². The van der Waals surface area contributed by atoms with Crippen molar-refractivity contribution in [3.63, 3.8) is 0 Å². The zero-order valence-electron chi connectivity index (χ0n) is 15.6. The average molecular weight is 379 g/mol. The number of nitriles is 1. The molecule has 28 heavy (non-hydrogen) atoms. The Labute approximate surface area is 163 Å². The molecule has 7 nitrogen and oxygen atoms in total. The summed E-state index contributed by atoms with van der Waals surface area (Å²) >= 11 is 0. The van der Waals surface area contributed by atoms with Gasteiger partial charge in [-0.2, -0.15) is 5.26 Å². The molecule has 0 bridgehead atoms. The second kappa shape index (κ2) is 10.5. The first kappa shape index (κ1) is 20.6. The molecule has 2 rings (SSSR count). The quantitative estimate of drug-likeness (QED) is 0.710. The molecule has 0 aliphatic rings. The molecule has 2 aromatic carbocycles. The van der Waals surface area contributed by atoms with E-state index in [2.05, 4.69) is 5.32 Å². The molecule has 0 atom stereocenters. The standard InChI is InChI=1S/C21H21N3O4/c1-24(13-7-12-22)20(26)15-28-21(27)17-10-5-6-11-18(17)23-19(25)14-16-8-3-2-4-9-16/h2-6,8-11H,7,13-15H2,1H3,(H,23,25). The summed E-state index contributed by atoms with van der Waals surface area (Å²) in [5, 5.41) is 11.3. The maximum atomic E-state index is 12.3. The number of likely N-dealkylation sites (N-methyl/N-ethyl adjacent to an activating group) is 1. The van der Waals surface area contributed by atoms with E-state index in [-0.39, 0.29) is 30.9 Å². The minimum absolute atomic E-state index is 0.163. The van der Waals surface area contributed by atoms with E-state index in [1.807, 2.05) is 36.4 Å². The van der Waals surface area contributed by atoms with Gasteiger partial charge < -0.3 is 15.0 Å². The summed E-state index contributed by atoms with van der Waals surface area (Å²) < 4.78 is 5.07. The summed E-state index contributed by atoms with van der Waals surface area (Å²) in [6.07, 6.45) is 0.374. The van der Waals surface area contributed by atoms with Gasteiger partial charge in [-0.25, -0.2) is 4.79 Å². The molecule has 0 aliphatic heterocycles. The smallest absolute Gasteiger partial charge is 0.340 e. The number of amides is 2. The van der Waals surface area contributed by atoms with Gasteiger partial charge in [-0.1, -0.05) is 42.5 Å². The number of esters is 1. The third-order valence-electron chi connectivity index (χ3n) is 3.94. The summed E-state index contributed by atoms with van der Waals surface area (Å²) in [6.45, 7) is -0.175. The van der Waals surface area contributed by atoms with Crippen LogP contribution in [-0.2, 0) is 20.7 Å². The first-order valence-corrected chi connectivity index (χ1v) is 8.72. The van der Waals surface area contributed by atoms with Gasteiger partial charge in [0.1, 0.15) is 0 Å². The first-order valence-electron chi connectivity index (χ1n) is 8.72. The van der Waals surface area contributed by atoms with Crippen molar-refractivity contribution in [2.45, 2.75) is 12.8 Å². The Morgan fingerprint density at radius 2 is 1.75 bits per heavy atom. The largest absolute Gasteiger partial charge is 0.452 e. The zero-order chi connectivity index (χ0) is 20.4. The number of carbonyl (C=O) groups is 3. The van der Waals surface area contributed by atoms with Crippen LogP contribution in [0.1, 0.15) is 22.3 Å².